The molecule has 1 amide bonds. The van der Waals surface area contributed by atoms with Gasteiger partial charge < -0.3 is 5.32 Å². The van der Waals surface area contributed by atoms with E-state index in [1.54, 1.807) is 4.68 Å². The predicted octanol–water partition coefficient (Wildman–Crippen LogP) is 1.90. The minimum absolute atomic E-state index is 0.0346. The molecule has 0 radical (unpaired) electrons. The van der Waals surface area contributed by atoms with Gasteiger partial charge in [-0.3, -0.25) is 4.79 Å². The van der Waals surface area contributed by atoms with Gasteiger partial charge in [-0.05, 0) is 60.2 Å². The summed E-state index contributed by atoms with van der Waals surface area (Å²) >= 11 is 1.36. The number of aryl methyl sites for hydroxylation is 1. The molecule has 1 saturated carbocycles. The van der Waals surface area contributed by atoms with Crippen molar-refractivity contribution >= 4 is 17.7 Å². The average molecular weight is 317 g/mol. The van der Waals surface area contributed by atoms with Crippen LogP contribution in [0.4, 0.5) is 0 Å². The third-order valence-electron chi connectivity index (χ3n) is 3.86. The number of hydrogen-bond donors (Lipinski definition) is 1. The van der Waals surface area contributed by atoms with Crippen LogP contribution >= 0.6 is 11.8 Å². The van der Waals surface area contributed by atoms with Crippen molar-refractivity contribution in [2.75, 3.05) is 12.3 Å². The summed E-state index contributed by atoms with van der Waals surface area (Å²) in [6.07, 6.45) is 2.47. The summed E-state index contributed by atoms with van der Waals surface area (Å²) in [5.74, 6) is 1.06. The van der Waals surface area contributed by atoms with Gasteiger partial charge in [0.2, 0.25) is 11.1 Å². The van der Waals surface area contributed by atoms with Crippen molar-refractivity contribution in [3.05, 3.63) is 29.3 Å². The maximum Gasteiger partial charge on any atom is 0.230 e. The number of nitrogens with zero attached hydrogens (tertiary/aromatic N) is 4. The molecule has 1 aromatic heterocycles. The SMILES string of the molecule is Cc1cccc(-n2nnnc2SCC(=O)NCC2CC2)c1C. The molecule has 0 saturated heterocycles. The van der Waals surface area contributed by atoms with Crippen molar-refractivity contribution in [1.82, 2.24) is 25.5 Å². The number of thioether (sulfide) groups is 1. The summed E-state index contributed by atoms with van der Waals surface area (Å²) in [4.78, 5) is 11.8. The molecule has 0 unspecified atom stereocenters. The van der Waals surface area contributed by atoms with E-state index in [1.165, 1.54) is 30.2 Å². The highest BCUT2D eigenvalue weighted by molar-refractivity contribution is 7.99. The Morgan fingerprint density at radius 1 is 1.41 bits per heavy atom. The molecule has 116 valence electrons. The number of nitrogens with one attached hydrogen (secondary N) is 1. The van der Waals surface area contributed by atoms with E-state index >= 15 is 0 Å². The largest absolute Gasteiger partial charge is 0.355 e. The lowest BCUT2D eigenvalue weighted by Gasteiger charge is -2.09. The Morgan fingerprint density at radius 2 is 2.23 bits per heavy atom. The Bertz CT molecular complexity index is 680. The first kappa shape index (κ1) is 15.0. The molecule has 0 spiro atoms. The Balaban J connectivity index is 1.66. The molecule has 2 aromatic rings. The Labute approximate surface area is 133 Å². The lowest BCUT2D eigenvalue weighted by molar-refractivity contribution is -0.118. The zero-order valence-corrected chi connectivity index (χ0v) is 13.6. The first-order valence-electron chi connectivity index (χ1n) is 7.39. The topological polar surface area (TPSA) is 72.7 Å². The highest BCUT2D eigenvalue weighted by atomic mass is 32.2. The fraction of sp³-hybridized carbons (Fsp3) is 0.467. The summed E-state index contributed by atoms with van der Waals surface area (Å²) in [6, 6.07) is 6.02. The maximum absolute atomic E-state index is 11.8. The fourth-order valence-corrected chi connectivity index (χ4v) is 2.86. The zero-order valence-electron chi connectivity index (χ0n) is 12.7. The van der Waals surface area contributed by atoms with Gasteiger partial charge in [-0.25, -0.2) is 0 Å². The highest BCUT2D eigenvalue weighted by Crippen LogP contribution is 2.27. The second-order valence-electron chi connectivity index (χ2n) is 5.63. The van der Waals surface area contributed by atoms with Crippen LogP contribution in [0, 0.1) is 19.8 Å². The van der Waals surface area contributed by atoms with Crippen LogP contribution in [0.25, 0.3) is 5.69 Å². The highest BCUT2D eigenvalue weighted by Gasteiger charge is 2.21. The molecule has 6 nitrogen and oxygen atoms in total. The summed E-state index contributed by atoms with van der Waals surface area (Å²) in [6.45, 7) is 4.89. The van der Waals surface area contributed by atoms with Gasteiger partial charge in [0.1, 0.15) is 0 Å². The van der Waals surface area contributed by atoms with E-state index in [9.17, 15) is 4.79 Å². The molecule has 3 rings (SSSR count). The quantitative estimate of drug-likeness (QED) is 0.824. The lowest BCUT2D eigenvalue weighted by atomic mass is 10.1. The van der Waals surface area contributed by atoms with Gasteiger partial charge in [-0.15, -0.1) is 5.10 Å². The molecule has 22 heavy (non-hydrogen) atoms. The van der Waals surface area contributed by atoms with Gasteiger partial charge in [-0.1, -0.05) is 23.9 Å². The summed E-state index contributed by atoms with van der Waals surface area (Å²) in [5.41, 5.74) is 3.27. The number of carbonyl (C=O) groups is 1. The predicted molar refractivity (Wildman–Crippen MR) is 85.1 cm³/mol. The summed E-state index contributed by atoms with van der Waals surface area (Å²) in [5, 5.41) is 15.4. The molecule has 0 atom stereocenters. The summed E-state index contributed by atoms with van der Waals surface area (Å²) < 4.78 is 1.70. The van der Waals surface area contributed by atoms with Crippen molar-refractivity contribution in [3.63, 3.8) is 0 Å². The number of tetrazole rings is 1. The molecule has 1 N–H and O–H groups in total. The smallest absolute Gasteiger partial charge is 0.230 e. The molecule has 1 heterocycles. The number of amides is 1. The molecule has 0 bridgehead atoms. The Morgan fingerprint density at radius 3 is 3.00 bits per heavy atom. The van der Waals surface area contributed by atoms with Crippen LogP contribution in [0.5, 0.6) is 0 Å². The number of rotatable bonds is 6. The van der Waals surface area contributed by atoms with Crippen LogP contribution in [-0.4, -0.2) is 38.4 Å². The van der Waals surface area contributed by atoms with Crippen LogP contribution in [0.1, 0.15) is 24.0 Å². The van der Waals surface area contributed by atoms with E-state index in [2.05, 4.69) is 33.8 Å². The van der Waals surface area contributed by atoms with Gasteiger partial charge in [0.15, 0.2) is 0 Å². The number of carbonyl (C=O) groups excluding carboxylic acids is 1. The zero-order chi connectivity index (χ0) is 15.5. The van der Waals surface area contributed by atoms with Crippen LogP contribution in [0.3, 0.4) is 0 Å². The molecule has 1 fully saturated rings. The number of benzene rings is 1. The lowest BCUT2D eigenvalue weighted by Crippen LogP contribution is -2.27. The van der Waals surface area contributed by atoms with Crippen molar-refractivity contribution in [2.45, 2.75) is 31.8 Å². The third-order valence-corrected chi connectivity index (χ3v) is 4.78. The maximum atomic E-state index is 11.8. The van der Waals surface area contributed by atoms with Crippen LogP contribution in [0.2, 0.25) is 0 Å². The van der Waals surface area contributed by atoms with Gasteiger partial charge in [0.05, 0.1) is 11.4 Å². The number of aromatic nitrogens is 4. The van der Waals surface area contributed by atoms with E-state index in [0.717, 1.165) is 17.8 Å². The molecule has 1 aromatic carbocycles. The number of hydrogen-bond acceptors (Lipinski definition) is 5. The van der Waals surface area contributed by atoms with Crippen molar-refractivity contribution in [2.24, 2.45) is 5.92 Å². The van der Waals surface area contributed by atoms with Crippen LogP contribution in [-0.2, 0) is 4.79 Å². The van der Waals surface area contributed by atoms with Crippen molar-refractivity contribution in [3.8, 4) is 5.69 Å². The van der Waals surface area contributed by atoms with Crippen molar-refractivity contribution in [1.29, 1.82) is 0 Å². The van der Waals surface area contributed by atoms with Crippen LogP contribution < -0.4 is 5.32 Å². The van der Waals surface area contributed by atoms with Gasteiger partial charge in [0.25, 0.3) is 0 Å². The van der Waals surface area contributed by atoms with E-state index in [0.29, 0.717) is 16.8 Å². The fourth-order valence-electron chi connectivity index (χ4n) is 2.15. The van der Waals surface area contributed by atoms with E-state index in [-0.39, 0.29) is 5.91 Å². The monoisotopic (exact) mass is 317 g/mol. The second-order valence-corrected chi connectivity index (χ2v) is 6.57. The molecule has 1 aliphatic carbocycles. The Kier molecular flexibility index (Phi) is 4.42. The third kappa shape index (κ3) is 3.47. The second kappa shape index (κ2) is 6.48. The van der Waals surface area contributed by atoms with Crippen molar-refractivity contribution < 1.29 is 4.79 Å². The van der Waals surface area contributed by atoms with E-state index in [1.807, 2.05) is 19.1 Å². The molecular formula is C15H19N5OS. The van der Waals surface area contributed by atoms with Gasteiger partial charge >= 0.3 is 0 Å². The molecule has 7 heteroatoms. The molecular weight excluding hydrogens is 298 g/mol. The van der Waals surface area contributed by atoms with Gasteiger partial charge in [0, 0.05) is 6.54 Å². The minimum atomic E-state index is 0.0346. The first-order chi connectivity index (χ1) is 10.6. The minimum Gasteiger partial charge on any atom is -0.355 e. The first-order valence-corrected chi connectivity index (χ1v) is 8.38. The average Bonchev–Trinajstić information content (AvgIpc) is 3.23. The van der Waals surface area contributed by atoms with E-state index in [4.69, 9.17) is 0 Å². The van der Waals surface area contributed by atoms with Gasteiger partial charge in [-0.2, -0.15) is 4.68 Å². The van der Waals surface area contributed by atoms with Crippen LogP contribution in [0.15, 0.2) is 23.4 Å². The molecule has 1 aliphatic rings. The molecule has 0 aliphatic heterocycles. The standard InChI is InChI=1S/C15H19N5OS/c1-10-4-3-5-13(11(10)2)20-15(17-18-19-20)22-9-14(21)16-8-12-6-7-12/h3-5,12H,6-9H2,1-2H3,(H,16,21). The Hall–Kier alpha value is -1.89. The summed E-state index contributed by atoms with van der Waals surface area (Å²) in [7, 11) is 0. The normalized spacial score (nSPS) is 14.1. The van der Waals surface area contributed by atoms with E-state index < -0.39 is 0 Å².